The van der Waals surface area contributed by atoms with E-state index in [1.54, 1.807) is 16.9 Å². The second-order valence-corrected chi connectivity index (χ2v) is 7.94. The molecule has 5 aromatic rings. The molecule has 0 radical (unpaired) electrons. The molecule has 3 aromatic heterocycles. The lowest BCUT2D eigenvalue weighted by molar-refractivity contribution is -0.118. The number of fused-ring (bicyclic) bond motifs is 1. The minimum atomic E-state index is -0.237. The lowest BCUT2D eigenvalue weighted by atomic mass is 10.1. The molecule has 3 heterocycles. The summed E-state index contributed by atoms with van der Waals surface area (Å²) in [4.78, 5) is 16.6. The molecule has 5 rings (SSSR count). The van der Waals surface area contributed by atoms with Gasteiger partial charge in [0.05, 0.1) is 5.69 Å². The monoisotopic (exact) mass is 450 g/mol. The molecule has 2 aromatic carbocycles. The average molecular weight is 451 g/mol. The number of benzene rings is 2. The molecule has 34 heavy (non-hydrogen) atoms. The van der Waals surface area contributed by atoms with Gasteiger partial charge in [-0.15, -0.1) is 10.2 Å². The van der Waals surface area contributed by atoms with E-state index in [1.807, 2.05) is 80.6 Å². The summed E-state index contributed by atoms with van der Waals surface area (Å²) >= 11 is 0. The van der Waals surface area contributed by atoms with Crippen molar-refractivity contribution in [3.05, 3.63) is 90.3 Å². The third kappa shape index (κ3) is 4.47. The summed E-state index contributed by atoms with van der Waals surface area (Å²) in [5.74, 6) is 1.08. The molecule has 1 N–H and O–H groups in total. The topological polar surface area (TPSA) is 94.3 Å². The molecule has 0 aliphatic rings. The summed E-state index contributed by atoms with van der Waals surface area (Å²) in [6.45, 7) is 3.87. The van der Waals surface area contributed by atoms with Crippen molar-refractivity contribution in [3.63, 3.8) is 0 Å². The van der Waals surface area contributed by atoms with E-state index in [-0.39, 0.29) is 12.5 Å². The van der Waals surface area contributed by atoms with Crippen LogP contribution in [0, 0.1) is 13.8 Å². The predicted molar refractivity (Wildman–Crippen MR) is 129 cm³/mol. The van der Waals surface area contributed by atoms with Gasteiger partial charge in [0.1, 0.15) is 5.75 Å². The first-order chi connectivity index (χ1) is 16.6. The van der Waals surface area contributed by atoms with E-state index in [4.69, 9.17) is 9.84 Å². The van der Waals surface area contributed by atoms with Crippen LogP contribution in [0.5, 0.6) is 5.75 Å². The molecule has 0 fully saturated rings. The van der Waals surface area contributed by atoms with E-state index in [0.29, 0.717) is 22.9 Å². The molecular weight excluding hydrogens is 428 g/mol. The number of anilines is 1. The van der Waals surface area contributed by atoms with E-state index in [9.17, 15) is 4.79 Å². The second kappa shape index (κ2) is 9.11. The van der Waals surface area contributed by atoms with Crippen LogP contribution in [-0.4, -0.2) is 37.3 Å². The molecule has 1 amide bonds. The van der Waals surface area contributed by atoms with Crippen molar-refractivity contribution in [2.24, 2.45) is 0 Å². The standard InChI is InChI=1S/C26H22N6O2/c1-17-8-9-18(2)23(13-17)34-16-25(33)28-21-7-3-5-19(14-21)22-10-11-24-29-30-26(32(24)31-22)20-6-4-12-27-15-20/h3-15H,16H2,1-2H3,(H,28,33). The Hall–Kier alpha value is -4.59. The van der Waals surface area contributed by atoms with Gasteiger partial charge in [-0.3, -0.25) is 9.78 Å². The maximum atomic E-state index is 12.5. The minimum absolute atomic E-state index is 0.0755. The lowest BCUT2D eigenvalue weighted by Gasteiger charge is -2.11. The van der Waals surface area contributed by atoms with Crippen LogP contribution in [0.4, 0.5) is 5.69 Å². The van der Waals surface area contributed by atoms with Crippen LogP contribution in [0.2, 0.25) is 0 Å². The van der Waals surface area contributed by atoms with Crippen molar-refractivity contribution in [3.8, 4) is 28.4 Å². The van der Waals surface area contributed by atoms with Gasteiger partial charge in [0.2, 0.25) is 0 Å². The summed E-state index contributed by atoms with van der Waals surface area (Å²) in [6, 6.07) is 20.9. The Morgan fingerprint density at radius 1 is 0.971 bits per heavy atom. The van der Waals surface area contributed by atoms with Crippen LogP contribution >= 0.6 is 0 Å². The zero-order valence-electron chi connectivity index (χ0n) is 18.8. The summed E-state index contributed by atoms with van der Waals surface area (Å²) in [5, 5.41) is 16.1. The quantitative estimate of drug-likeness (QED) is 0.410. The smallest absolute Gasteiger partial charge is 0.262 e. The zero-order valence-corrected chi connectivity index (χ0v) is 18.8. The summed E-state index contributed by atoms with van der Waals surface area (Å²) in [7, 11) is 0. The summed E-state index contributed by atoms with van der Waals surface area (Å²) in [5.41, 5.74) is 5.76. The van der Waals surface area contributed by atoms with Crippen molar-refractivity contribution >= 4 is 17.2 Å². The van der Waals surface area contributed by atoms with Crippen molar-refractivity contribution in [1.29, 1.82) is 0 Å². The minimum Gasteiger partial charge on any atom is -0.483 e. The lowest BCUT2D eigenvalue weighted by Crippen LogP contribution is -2.20. The molecule has 0 unspecified atom stereocenters. The van der Waals surface area contributed by atoms with E-state index < -0.39 is 0 Å². The van der Waals surface area contributed by atoms with Crippen LogP contribution in [0.1, 0.15) is 11.1 Å². The number of aryl methyl sites for hydroxylation is 2. The number of nitrogens with zero attached hydrogens (tertiary/aromatic N) is 5. The van der Waals surface area contributed by atoms with Crippen LogP contribution in [-0.2, 0) is 4.79 Å². The van der Waals surface area contributed by atoms with Gasteiger partial charge < -0.3 is 10.1 Å². The van der Waals surface area contributed by atoms with Crippen molar-refractivity contribution in [2.75, 3.05) is 11.9 Å². The van der Waals surface area contributed by atoms with Gasteiger partial charge in [0.25, 0.3) is 5.91 Å². The van der Waals surface area contributed by atoms with Gasteiger partial charge in [-0.25, -0.2) is 0 Å². The van der Waals surface area contributed by atoms with Crippen LogP contribution in [0.25, 0.3) is 28.3 Å². The molecule has 0 atom stereocenters. The largest absolute Gasteiger partial charge is 0.483 e. The Bertz CT molecular complexity index is 1480. The molecule has 168 valence electrons. The molecule has 0 spiro atoms. The van der Waals surface area contributed by atoms with E-state index in [2.05, 4.69) is 20.5 Å². The number of rotatable bonds is 6. The number of nitrogens with one attached hydrogen (secondary N) is 1. The highest BCUT2D eigenvalue weighted by atomic mass is 16.5. The highest BCUT2D eigenvalue weighted by Gasteiger charge is 2.12. The van der Waals surface area contributed by atoms with E-state index in [1.165, 1.54) is 0 Å². The third-order valence-electron chi connectivity index (χ3n) is 5.33. The second-order valence-electron chi connectivity index (χ2n) is 7.94. The van der Waals surface area contributed by atoms with E-state index in [0.717, 1.165) is 27.9 Å². The zero-order chi connectivity index (χ0) is 23.5. The Morgan fingerprint density at radius 2 is 1.85 bits per heavy atom. The predicted octanol–water partition coefficient (Wildman–Crippen LogP) is 4.49. The van der Waals surface area contributed by atoms with Crippen molar-refractivity contribution < 1.29 is 9.53 Å². The fourth-order valence-corrected chi connectivity index (χ4v) is 3.58. The number of pyridine rings is 1. The third-order valence-corrected chi connectivity index (χ3v) is 5.33. The number of carbonyl (C=O) groups excluding carboxylic acids is 1. The van der Waals surface area contributed by atoms with Crippen LogP contribution in [0.15, 0.2) is 79.1 Å². The van der Waals surface area contributed by atoms with Gasteiger partial charge in [0.15, 0.2) is 18.1 Å². The number of carbonyl (C=O) groups is 1. The highest BCUT2D eigenvalue weighted by molar-refractivity contribution is 5.92. The van der Waals surface area contributed by atoms with Gasteiger partial charge in [-0.2, -0.15) is 9.61 Å². The fraction of sp³-hybridized carbons (Fsp3) is 0.115. The normalized spacial score (nSPS) is 10.9. The summed E-state index contributed by atoms with van der Waals surface area (Å²) < 4.78 is 7.40. The number of hydrogen-bond donors (Lipinski definition) is 1. The Balaban J connectivity index is 1.34. The SMILES string of the molecule is Cc1ccc(C)c(OCC(=O)Nc2cccc(-c3ccc4nnc(-c5cccnc5)n4n3)c2)c1. The maximum absolute atomic E-state index is 12.5. The number of amides is 1. The molecule has 8 nitrogen and oxygen atoms in total. The molecule has 0 aliphatic heterocycles. The van der Waals surface area contributed by atoms with Crippen molar-refractivity contribution in [1.82, 2.24) is 24.8 Å². The van der Waals surface area contributed by atoms with Gasteiger partial charge in [0, 0.05) is 29.2 Å². The molecule has 0 saturated carbocycles. The molecule has 8 heteroatoms. The Kier molecular flexibility index (Phi) is 5.70. The Morgan fingerprint density at radius 3 is 2.71 bits per heavy atom. The number of ether oxygens (including phenoxy) is 1. The van der Waals surface area contributed by atoms with Crippen LogP contribution in [0.3, 0.4) is 0 Å². The number of hydrogen-bond acceptors (Lipinski definition) is 6. The van der Waals surface area contributed by atoms with Crippen LogP contribution < -0.4 is 10.1 Å². The average Bonchev–Trinajstić information content (AvgIpc) is 3.29. The molecule has 0 aliphatic carbocycles. The van der Waals surface area contributed by atoms with Gasteiger partial charge >= 0.3 is 0 Å². The first kappa shape index (κ1) is 21.3. The molecule has 0 saturated heterocycles. The number of aromatic nitrogens is 5. The van der Waals surface area contributed by atoms with Crippen molar-refractivity contribution in [2.45, 2.75) is 13.8 Å². The fourth-order valence-electron chi connectivity index (χ4n) is 3.58. The Labute approximate surface area is 196 Å². The van der Waals surface area contributed by atoms with Gasteiger partial charge in [-0.05, 0) is 67.4 Å². The first-order valence-corrected chi connectivity index (χ1v) is 10.8. The molecular formula is C26H22N6O2. The highest BCUT2D eigenvalue weighted by Crippen LogP contribution is 2.24. The maximum Gasteiger partial charge on any atom is 0.262 e. The van der Waals surface area contributed by atoms with E-state index >= 15 is 0 Å². The molecule has 0 bridgehead atoms. The first-order valence-electron chi connectivity index (χ1n) is 10.8. The van der Waals surface area contributed by atoms with Gasteiger partial charge in [-0.1, -0.05) is 24.3 Å². The summed E-state index contributed by atoms with van der Waals surface area (Å²) in [6.07, 6.45) is 3.43.